The molecule has 6 heteroatoms. The Labute approximate surface area is 107 Å². The van der Waals surface area contributed by atoms with Gasteiger partial charge >= 0.3 is 5.97 Å². The smallest absolute Gasteiger partial charge is 0.342 e. The number of nitrogens with two attached hydrogens (primary N) is 1. The zero-order chi connectivity index (χ0) is 13.0. The summed E-state index contributed by atoms with van der Waals surface area (Å²) in [6.45, 7) is 1.66. The van der Waals surface area contributed by atoms with Crippen molar-refractivity contribution < 1.29 is 19.0 Å². The van der Waals surface area contributed by atoms with Gasteiger partial charge in [-0.15, -0.1) is 0 Å². The number of halogens is 2. The predicted octanol–water partition coefficient (Wildman–Crippen LogP) is 2.06. The van der Waals surface area contributed by atoms with Gasteiger partial charge in [0.2, 0.25) is 6.17 Å². The number of benzene rings is 1. The minimum Gasteiger partial charge on any atom is -0.508 e. The summed E-state index contributed by atoms with van der Waals surface area (Å²) in [4.78, 5) is 11.2. The Balaban J connectivity index is 2.91. The van der Waals surface area contributed by atoms with Crippen LogP contribution in [0.15, 0.2) is 22.7 Å². The van der Waals surface area contributed by atoms with E-state index in [0.29, 0.717) is 4.47 Å². The first-order chi connectivity index (χ1) is 7.97. The highest BCUT2D eigenvalue weighted by Crippen LogP contribution is 2.29. The lowest BCUT2D eigenvalue weighted by Gasteiger charge is -2.17. The summed E-state index contributed by atoms with van der Waals surface area (Å²) in [5, 5.41) is 9.55. The first kappa shape index (κ1) is 13.9. The van der Waals surface area contributed by atoms with E-state index in [2.05, 4.69) is 20.7 Å². The van der Waals surface area contributed by atoms with Crippen LogP contribution >= 0.6 is 15.9 Å². The fourth-order valence-electron chi connectivity index (χ4n) is 1.32. The summed E-state index contributed by atoms with van der Waals surface area (Å²) in [5.41, 5.74) is 5.74. The number of alkyl halides is 1. The molecule has 0 amide bonds. The number of rotatable bonds is 4. The molecular formula is C11H13BrFNO3. The number of carbonyl (C=O) groups excluding carboxylic acids is 1. The van der Waals surface area contributed by atoms with Gasteiger partial charge in [-0.25, -0.2) is 9.18 Å². The molecule has 1 rings (SSSR count). The van der Waals surface area contributed by atoms with Crippen molar-refractivity contribution in [1.29, 1.82) is 0 Å². The van der Waals surface area contributed by atoms with Crippen LogP contribution in [-0.2, 0) is 9.53 Å². The van der Waals surface area contributed by atoms with Crippen molar-refractivity contribution in [3.63, 3.8) is 0 Å². The van der Waals surface area contributed by atoms with Gasteiger partial charge in [0.05, 0.1) is 12.6 Å². The van der Waals surface area contributed by atoms with Crippen molar-refractivity contribution >= 4 is 21.9 Å². The maximum Gasteiger partial charge on any atom is 0.342 e. The number of phenolic OH excluding ortho intramolecular Hbond substituents is 1. The Bertz CT molecular complexity index is 414. The zero-order valence-electron chi connectivity index (χ0n) is 9.19. The molecule has 4 nitrogen and oxygen atoms in total. The topological polar surface area (TPSA) is 72.5 Å². The van der Waals surface area contributed by atoms with E-state index >= 15 is 0 Å². The summed E-state index contributed by atoms with van der Waals surface area (Å²) in [6.07, 6.45) is -2.00. The normalized spacial score (nSPS) is 14.1. The van der Waals surface area contributed by atoms with Crippen LogP contribution in [0.3, 0.4) is 0 Å². The molecule has 3 N–H and O–H groups in total. The lowest BCUT2D eigenvalue weighted by atomic mass is 10.0. The Morgan fingerprint density at radius 3 is 2.88 bits per heavy atom. The molecule has 1 aromatic carbocycles. The van der Waals surface area contributed by atoms with Crippen molar-refractivity contribution in [2.24, 2.45) is 5.73 Å². The average molecular weight is 306 g/mol. The number of aromatic hydroxyl groups is 1. The van der Waals surface area contributed by atoms with Crippen LogP contribution in [0.2, 0.25) is 0 Å². The lowest BCUT2D eigenvalue weighted by Crippen LogP contribution is -2.31. The SMILES string of the molecule is CCOC(=O)C(F)[C@H](N)c1cc(Br)ccc1O. The van der Waals surface area contributed by atoms with Crippen LogP contribution in [0.5, 0.6) is 5.75 Å². The number of carbonyl (C=O) groups is 1. The van der Waals surface area contributed by atoms with E-state index in [1.165, 1.54) is 12.1 Å². The van der Waals surface area contributed by atoms with E-state index in [1.807, 2.05) is 0 Å². The third kappa shape index (κ3) is 3.41. The molecule has 17 heavy (non-hydrogen) atoms. The van der Waals surface area contributed by atoms with Crippen LogP contribution in [0, 0.1) is 0 Å². The van der Waals surface area contributed by atoms with Gasteiger partial charge in [0.1, 0.15) is 5.75 Å². The number of phenols is 1. The van der Waals surface area contributed by atoms with Gasteiger partial charge in [-0.1, -0.05) is 15.9 Å². The van der Waals surface area contributed by atoms with Gasteiger partial charge in [0.25, 0.3) is 0 Å². The molecule has 0 bridgehead atoms. The molecular weight excluding hydrogens is 293 g/mol. The van der Waals surface area contributed by atoms with E-state index in [0.717, 1.165) is 0 Å². The van der Waals surface area contributed by atoms with Crippen molar-refractivity contribution in [2.75, 3.05) is 6.61 Å². The predicted molar refractivity (Wildman–Crippen MR) is 64.3 cm³/mol. The second-order valence-corrected chi connectivity index (χ2v) is 4.30. The number of hydrogen-bond donors (Lipinski definition) is 2. The van der Waals surface area contributed by atoms with Gasteiger partial charge in [0, 0.05) is 10.0 Å². The monoisotopic (exact) mass is 305 g/mol. The molecule has 0 aliphatic carbocycles. The summed E-state index contributed by atoms with van der Waals surface area (Å²) in [6, 6.07) is 3.16. The van der Waals surface area contributed by atoms with E-state index in [9.17, 15) is 14.3 Å². The highest BCUT2D eigenvalue weighted by atomic mass is 79.9. The molecule has 94 valence electrons. The van der Waals surface area contributed by atoms with Crippen molar-refractivity contribution in [1.82, 2.24) is 0 Å². The van der Waals surface area contributed by atoms with Gasteiger partial charge in [-0.2, -0.15) is 0 Å². The third-order valence-corrected chi connectivity index (χ3v) is 2.67. The van der Waals surface area contributed by atoms with Crippen molar-refractivity contribution in [3.8, 4) is 5.75 Å². The lowest BCUT2D eigenvalue weighted by molar-refractivity contribution is -0.149. The molecule has 0 fully saturated rings. The molecule has 2 atom stereocenters. The minimum atomic E-state index is -2.00. The van der Waals surface area contributed by atoms with E-state index in [4.69, 9.17) is 5.73 Å². The largest absolute Gasteiger partial charge is 0.508 e. The highest BCUT2D eigenvalue weighted by molar-refractivity contribution is 9.10. The maximum absolute atomic E-state index is 13.6. The van der Waals surface area contributed by atoms with E-state index in [1.54, 1.807) is 13.0 Å². The van der Waals surface area contributed by atoms with Crippen LogP contribution in [0.25, 0.3) is 0 Å². The van der Waals surface area contributed by atoms with E-state index < -0.39 is 18.2 Å². The minimum absolute atomic E-state index is 0.0798. The summed E-state index contributed by atoms with van der Waals surface area (Å²) < 4.78 is 18.8. The van der Waals surface area contributed by atoms with E-state index in [-0.39, 0.29) is 17.9 Å². The molecule has 1 unspecified atom stereocenters. The van der Waals surface area contributed by atoms with Gasteiger partial charge in [0.15, 0.2) is 0 Å². The van der Waals surface area contributed by atoms with Gasteiger partial charge in [-0.05, 0) is 25.1 Å². The standard InChI is InChI=1S/C11H13BrFNO3/c1-2-17-11(16)9(13)10(14)7-5-6(12)3-4-8(7)15/h3-5,9-10,15H,2,14H2,1H3/t9?,10-/m1/s1. The average Bonchev–Trinajstić information content (AvgIpc) is 2.30. The van der Waals surface area contributed by atoms with Crippen LogP contribution in [0.4, 0.5) is 4.39 Å². The number of hydrogen-bond acceptors (Lipinski definition) is 4. The van der Waals surface area contributed by atoms with Gasteiger partial charge < -0.3 is 15.6 Å². The first-order valence-electron chi connectivity index (χ1n) is 5.02. The molecule has 0 radical (unpaired) electrons. The summed E-state index contributed by atoms with van der Waals surface area (Å²) in [7, 11) is 0. The fraction of sp³-hybridized carbons (Fsp3) is 0.364. The molecule has 0 saturated carbocycles. The Kier molecular flexibility index (Phi) is 4.89. The number of ether oxygens (including phenoxy) is 1. The van der Waals surface area contributed by atoms with Crippen LogP contribution in [-0.4, -0.2) is 23.9 Å². The maximum atomic E-state index is 13.6. The quantitative estimate of drug-likeness (QED) is 0.835. The van der Waals surface area contributed by atoms with Gasteiger partial charge in [-0.3, -0.25) is 0 Å². The molecule has 0 heterocycles. The van der Waals surface area contributed by atoms with Crippen molar-refractivity contribution in [3.05, 3.63) is 28.2 Å². The van der Waals surface area contributed by atoms with Crippen molar-refractivity contribution in [2.45, 2.75) is 19.1 Å². The Morgan fingerprint density at radius 2 is 2.29 bits per heavy atom. The number of esters is 1. The molecule has 0 spiro atoms. The third-order valence-electron chi connectivity index (χ3n) is 2.18. The Morgan fingerprint density at radius 1 is 1.65 bits per heavy atom. The molecule has 0 saturated heterocycles. The van der Waals surface area contributed by atoms with Crippen LogP contribution < -0.4 is 5.73 Å². The van der Waals surface area contributed by atoms with Crippen LogP contribution in [0.1, 0.15) is 18.5 Å². The first-order valence-corrected chi connectivity index (χ1v) is 5.81. The fourth-order valence-corrected chi connectivity index (χ4v) is 1.70. The summed E-state index contributed by atoms with van der Waals surface area (Å²) in [5.74, 6) is -1.19. The second kappa shape index (κ2) is 5.97. The highest BCUT2D eigenvalue weighted by Gasteiger charge is 2.29. The molecule has 0 aliphatic heterocycles. The molecule has 1 aromatic rings. The second-order valence-electron chi connectivity index (χ2n) is 3.38. The zero-order valence-corrected chi connectivity index (χ0v) is 10.8. The Hall–Kier alpha value is -1.14. The molecule has 0 aliphatic rings. The summed E-state index contributed by atoms with van der Waals surface area (Å²) >= 11 is 3.18. The molecule has 0 aromatic heterocycles.